The number of carbonyl (C=O) groups is 2. The van der Waals surface area contributed by atoms with Crippen molar-refractivity contribution in [2.45, 2.75) is 18.9 Å². The Morgan fingerprint density at radius 2 is 2.21 bits per heavy atom. The van der Waals surface area contributed by atoms with Crippen molar-refractivity contribution in [2.24, 2.45) is 0 Å². The summed E-state index contributed by atoms with van der Waals surface area (Å²) in [6.45, 7) is 2.31. The van der Waals surface area contributed by atoms with Crippen LogP contribution in [0.25, 0.3) is 0 Å². The molecule has 0 aromatic heterocycles. The Morgan fingerprint density at radius 1 is 1.47 bits per heavy atom. The first-order chi connectivity index (χ1) is 8.94. The summed E-state index contributed by atoms with van der Waals surface area (Å²) in [6, 6.07) is 5.28. The van der Waals surface area contributed by atoms with E-state index < -0.39 is 11.5 Å². The van der Waals surface area contributed by atoms with Crippen LogP contribution in [0, 0.1) is 10.5 Å². The van der Waals surface area contributed by atoms with E-state index in [1.54, 1.807) is 12.1 Å². The Hall–Kier alpha value is -1.15. The first kappa shape index (κ1) is 14.3. The van der Waals surface area contributed by atoms with Crippen LogP contribution >= 0.6 is 22.6 Å². The fourth-order valence-corrected chi connectivity index (χ4v) is 2.42. The van der Waals surface area contributed by atoms with E-state index in [1.165, 1.54) is 0 Å². The van der Waals surface area contributed by atoms with Gasteiger partial charge in [-0.05, 0) is 47.2 Å². The van der Waals surface area contributed by atoms with Crippen molar-refractivity contribution in [3.63, 3.8) is 0 Å². The summed E-state index contributed by atoms with van der Waals surface area (Å²) >= 11 is 2.14. The number of hydrogen-bond donors (Lipinski definition) is 2. The minimum absolute atomic E-state index is 0.0109. The highest BCUT2D eigenvalue weighted by Crippen LogP contribution is 2.20. The molecule has 1 unspecified atom stereocenters. The highest BCUT2D eigenvalue weighted by Gasteiger charge is 2.44. The Bertz CT molecular complexity index is 523. The molecule has 1 atom stereocenters. The Morgan fingerprint density at radius 3 is 2.74 bits per heavy atom. The summed E-state index contributed by atoms with van der Waals surface area (Å²) in [5.41, 5.74) is 0.241. The van der Waals surface area contributed by atoms with Crippen molar-refractivity contribution in [2.75, 3.05) is 13.2 Å². The lowest BCUT2D eigenvalue weighted by Crippen LogP contribution is -2.55. The van der Waals surface area contributed by atoms with E-state index in [-0.39, 0.29) is 18.9 Å². The van der Waals surface area contributed by atoms with Crippen LogP contribution in [0.2, 0.25) is 0 Å². The van der Waals surface area contributed by atoms with Crippen LogP contribution in [0.5, 0.6) is 0 Å². The van der Waals surface area contributed by atoms with E-state index in [0.717, 1.165) is 9.13 Å². The zero-order valence-electron chi connectivity index (χ0n) is 10.4. The lowest BCUT2D eigenvalue weighted by Gasteiger charge is -2.23. The molecular weight excluding hydrogens is 361 g/mol. The van der Waals surface area contributed by atoms with Crippen LogP contribution in [0.3, 0.4) is 0 Å². The largest absolute Gasteiger partial charge is 0.479 e. The van der Waals surface area contributed by atoms with Gasteiger partial charge in [0.1, 0.15) is 0 Å². The molecule has 1 aromatic rings. The zero-order valence-corrected chi connectivity index (χ0v) is 12.6. The van der Waals surface area contributed by atoms with Crippen molar-refractivity contribution in [3.8, 4) is 0 Å². The lowest BCUT2D eigenvalue weighted by atomic mass is 9.98. The molecule has 2 N–H and O–H groups in total. The molecule has 1 saturated heterocycles. The Balaban J connectivity index is 2.20. The summed E-state index contributed by atoms with van der Waals surface area (Å²) in [5.74, 6) is -1.44. The number of benzene rings is 1. The third kappa shape index (κ3) is 2.89. The molecule has 0 spiro atoms. The number of aliphatic carboxylic acids is 1. The number of carbonyl (C=O) groups excluding carboxylic acids is 1. The van der Waals surface area contributed by atoms with Gasteiger partial charge in [0.15, 0.2) is 5.54 Å². The average molecular weight is 375 g/mol. The molecule has 1 aliphatic heterocycles. The maximum absolute atomic E-state index is 12.1. The minimum Gasteiger partial charge on any atom is -0.479 e. The molecule has 1 heterocycles. The number of rotatable bonds is 3. The van der Waals surface area contributed by atoms with Crippen LogP contribution in [-0.4, -0.2) is 35.7 Å². The van der Waals surface area contributed by atoms with E-state index in [2.05, 4.69) is 27.9 Å². The molecule has 0 saturated carbocycles. The van der Waals surface area contributed by atoms with Gasteiger partial charge >= 0.3 is 5.97 Å². The molecule has 1 amide bonds. The molecule has 6 heteroatoms. The molecule has 102 valence electrons. The minimum atomic E-state index is -1.30. The summed E-state index contributed by atoms with van der Waals surface area (Å²) in [4.78, 5) is 23.5. The molecule has 0 bridgehead atoms. The second-order valence-corrected chi connectivity index (χ2v) is 5.77. The Kier molecular flexibility index (Phi) is 4.10. The summed E-state index contributed by atoms with van der Waals surface area (Å²) in [6.07, 6.45) is 0.289. The standard InChI is InChI=1S/C13H14INO4/c1-8-2-3-9(6-10(8)14)11(16)15-13(12(17)18)4-5-19-7-13/h2-3,6H,4-5,7H2,1H3,(H,15,16)(H,17,18). The molecule has 2 rings (SSSR count). The van der Waals surface area contributed by atoms with Gasteiger partial charge in [-0.3, -0.25) is 4.79 Å². The van der Waals surface area contributed by atoms with Gasteiger partial charge in [-0.15, -0.1) is 0 Å². The van der Waals surface area contributed by atoms with Gasteiger partial charge in [-0.2, -0.15) is 0 Å². The summed E-state index contributed by atoms with van der Waals surface area (Å²) in [7, 11) is 0. The van der Waals surface area contributed by atoms with Gasteiger partial charge in [-0.1, -0.05) is 6.07 Å². The first-order valence-electron chi connectivity index (χ1n) is 5.84. The van der Waals surface area contributed by atoms with Crippen LogP contribution in [-0.2, 0) is 9.53 Å². The van der Waals surface area contributed by atoms with Crippen molar-refractivity contribution in [1.82, 2.24) is 5.32 Å². The maximum Gasteiger partial charge on any atom is 0.331 e. The average Bonchev–Trinajstić information content (AvgIpc) is 2.82. The van der Waals surface area contributed by atoms with E-state index in [1.807, 2.05) is 13.0 Å². The number of halogens is 1. The van der Waals surface area contributed by atoms with E-state index in [4.69, 9.17) is 4.74 Å². The quantitative estimate of drug-likeness (QED) is 0.787. The lowest BCUT2D eigenvalue weighted by molar-refractivity contribution is -0.144. The predicted octanol–water partition coefficient (Wildman–Crippen LogP) is 1.57. The van der Waals surface area contributed by atoms with Crippen LogP contribution in [0.1, 0.15) is 22.3 Å². The van der Waals surface area contributed by atoms with E-state index in [9.17, 15) is 14.7 Å². The highest BCUT2D eigenvalue weighted by molar-refractivity contribution is 14.1. The maximum atomic E-state index is 12.1. The molecule has 5 nitrogen and oxygen atoms in total. The topological polar surface area (TPSA) is 75.6 Å². The number of carboxylic acid groups (broad SMARTS) is 1. The third-order valence-corrected chi connectivity index (χ3v) is 4.38. The van der Waals surface area contributed by atoms with Crippen molar-refractivity contribution < 1.29 is 19.4 Å². The number of hydrogen-bond acceptors (Lipinski definition) is 3. The number of amides is 1. The molecule has 1 aromatic carbocycles. The van der Waals surface area contributed by atoms with Gasteiger partial charge in [-0.25, -0.2) is 4.79 Å². The zero-order chi connectivity index (χ0) is 14.0. The van der Waals surface area contributed by atoms with Crippen molar-refractivity contribution in [1.29, 1.82) is 0 Å². The van der Waals surface area contributed by atoms with Gasteiger partial charge < -0.3 is 15.2 Å². The summed E-state index contributed by atoms with van der Waals surface area (Å²) < 4.78 is 6.07. The SMILES string of the molecule is Cc1ccc(C(=O)NC2(C(=O)O)CCOC2)cc1I. The monoisotopic (exact) mass is 375 g/mol. The molecule has 19 heavy (non-hydrogen) atoms. The Labute approximate surface area is 124 Å². The number of ether oxygens (including phenoxy) is 1. The molecular formula is C13H14INO4. The number of carboxylic acids is 1. The van der Waals surface area contributed by atoms with Crippen LogP contribution in [0.4, 0.5) is 0 Å². The second-order valence-electron chi connectivity index (χ2n) is 4.61. The molecule has 0 radical (unpaired) electrons. The number of aryl methyl sites for hydroxylation is 1. The molecule has 1 fully saturated rings. The normalized spacial score (nSPS) is 22.2. The van der Waals surface area contributed by atoms with Gasteiger partial charge in [0, 0.05) is 22.2 Å². The highest BCUT2D eigenvalue weighted by atomic mass is 127. The third-order valence-electron chi connectivity index (χ3n) is 3.22. The van der Waals surface area contributed by atoms with Gasteiger partial charge in [0.25, 0.3) is 5.91 Å². The van der Waals surface area contributed by atoms with Gasteiger partial charge in [0.2, 0.25) is 0 Å². The molecule has 1 aliphatic rings. The fraction of sp³-hybridized carbons (Fsp3) is 0.385. The van der Waals surface area contributed by atoms with Gasteiger partial charge in [0.05, 0.1) is 6.61 Å². The second kappa shape index (κ2) is 5.46. The van der Waals surface area contributed by atoms with Crippen LogP contribution < -0.4 is 5.32 Å². The van der Waals surface area contributed by atoms with E-state index >= 15 is 0 Å². The number of nitrogens with one attached hydrogen (secondary N) is 1. The van der Waals surface area contributed by atoms with E-state index in [0.29, 0.717) is 12.2 Å². The van der Waals surface area contributed by atoms with Crippen LogP contribution in [0.15, 0.2) is 18.2 Å². The smallest absolute Gasteiger partial charge is 0.331 e. The van der Waals surface area contributed by atoms with Crippen molar-refractivity contribution >= 4 is 34.5 Å². The fourth-order valence-electron chi connectivity index (χ4n) is 1.91. The first-order valence-corrected chi connectivity index (χ1v) is 6.92. The summed E-state index contributed by atoms with van der Waals surface area (Å²) in [5, 5.41) is 11.9. The van der Waals surface area contributed by atoms with Crippen molar-refractivity contribution in [3.05, 3.63) is 32.9 Å². The predicted molar refractivity (Wildman–Crippen MR) is 77.2 cm³/mol. The molecule has 0 aliphatic carbocycles.